The Bertz CT molecular complexity index is 218. The monoisotopic (exact) mass is 170 g/mol. The van der Waals surface area contributed by atoms with E-state index in [9.17, 15) is 9.59 Å². The van der Waals surface area contributed by atoms with Gasteiger partial charge >= 0.3 is 5.97 Å². The highest BCUT2D eigenvalue weighted by Gasteiger charge is 2.46. The third kappa shape index (κ3) is 1.24. The van der Waals surface area contributed by atoms with E-state index in [0.29, 0.717) is 12.8 Å². The van der Waals surface area contributed by atoms with Crippen molar-refractivity contribution in [1.29, 1.82) is 0 Å². The Morgan fingerprint density at radius 2 is 2.17 bits per heavy atom. The van der Waals surface area contributed by atoms with Crippen LogP contribution in [0.25, 0.3) is 0 Å². The fourth-order valence-corrected chi connectivity index (χ4v) is 1.71. The summed E-state index contributed by atoms with van der Waals surface area (Å²) in [4.78, 5) is 22.5. The van der Waals surface area contributed by atoms with Crippen LogP contribution in [0.15, 0.2) is 0 Å². The molecule has 3 nitrogen and oxygen atoms in total. The zero-order valence-corrected chi connectivity index (χ0v) is 7.72. The van der Waals surface area contributed by atoms with Gasteiger partial charge in [-0.1, -0.05) is 13.8 Å². The van der Waals surface area contributed by atoms with Gasteiger partial charge in [0.1, 0.15) is 5.78 Å². The first-order valence-electron chi connectivity index (χ1n) is 4.11. The van der Waals surface area contributed by atoms with Gasteiger partial charge in [-0.05, 0) is 6.42 Å². The second-order valence-corrected chi connectivity index (χ2v) is 3.76. The summed E-state index contributed by atoms with van der Waals surface area (Å²) in [5.41, 5.74) is -0.521. The second-order valence-electron chi connectivity index (χ2n) is 3.76. The lowest BCUT2D eigenvalue weighted by atomic mass is 9.81. The van der Waals surface area contributed by atoms with Crippen molar-refractivity contribution in [2.24, 2.45) is 11.3 Å². The van der Waals surface area contributed by atoms with Crippen LogP contribution in [0.1, 0.15) is 26.7 Å². The Hall–Kier alpha value is -0.860. The molecule has 1 saturated carbocycles. The van der Waals surface area contributed by atoms with Crippen molar-refractivity contribution in [2.45, 2.75) is 26.7 Å². The summed E-state index contributed by atoms with van der Waals surface area (Å²) in [6.45, 7) is 3.62. The number of carbonyl (C=O) groups excluding carboxylic acids is 2. The minimum atomic E-state index is -0.521. The lowest BCUT2D eigenvalue weighted by Gasteiger charge is -2.22. The summed E-state index contributed by atoms with van der Waals surface area (Å²) in [7, 11) is 1.36. The molecule has 0 radical (unpaired) electrons. The van der Waals surface area contributed by atoms with E-state index in [1.807, 2.05) is 13.8 Å². The summed E-state index contributed by atoms with van der Waals surface area (Å²) in [5.74, 6) is -0.334. The van der Waals surface area contributed by atoms with Gasteiger partial charge < -0.3 is 4.74 Å². The molecule has 0 aliphatic heterocycles. The highest BCUT2D eigenvalue weighted by atomic mass is 16.5. The summed E-state index contributed by atoms with van der Waals surface area (Å²) in [6, 6.07) is 0. The van der Waals surface area contributed by atoms with Crippen LogP contribution >= 0.6 is 0 Å². The topological polar surface area (TPSA) is 43.4 Å². The van der Waals surface area contributed by atoms with E-state index >= 15 is 0 Å². The lowest BCUT2D eigenvalue weighted by molar-refractivity contribution is -0.150. The predicted octanol–water partition coefficient (Wildman–Crippen LogP) is 1.16. The lowest BCUT2D eigenvalue weighted by Crippen LogP contribution is -2.31. The van der Waals surface area contributed by atoms with Crippen LogP contribution in [-0.4, -0.2) is 18.9 Å². The summed E-state index contributed by atoms with van der Waals surface area (Å²) >= 11 is 0. The molecule has 1 rings (SSSR count). The Kier molecular flexibility index (Phi) is 2.22. The van der Waals surface area contributed by atoms with Gasteiger partial charge in [-0.25, -0.2) is 0 Å². The number of esters is 1. The van der Waals surface area contributed by atoms with E-state index in [-0.39, 0.29) is 17.7 Å². The Balaban J connectivity index is 2.81. The number of rotatable bonds is 1. The smallest absolute Gasteiger partial charge is 0.309 e. The van der Waals surface area contributed by atoms with Gasteiger partial charge in [0, 0.05) is 11.8 Å². The van der Waals surface area contributed by atoms with Crippen molar-refractivity contribution in [3.63, 3.8) is 0 Å². The van der Waals surface area contributed by atoms with Gasteiger partial charge in [0.2, 0.25) is 0 Å². The maximum absolute atomic E-state index is 11.3. The Morgan fingerprint density at radius 3 is 2.50 bits per heavy atom. The third-order valence-electron chi connectivity index (χ3n) is 2.74. The highest BCUT2D eigenvalue weighted by Crippen LogP contribution is 2.40. The van der Waals surface area contributed by atoms with E-state index < -0.39 is 5.41 Å². The molecule has 0 saturated heterocycles. The first kappa shape index (κ1) is 9.23. The molecule has 0 heterocycles. The number of hydrogen-bond acceptors (Lipinski definition) is 3. The van der Waals surface area contributed by atoms with Gasteiger partial charge in [0.15, 0.2) is 0 Å². The van der Waals surface area contributed by atoms with Crippen LogP contribution in [0, 0.1) is 11.3 Å². The number of carbonyl (C=O) groups is 2. The van der Waals surface area contributed by atoms with Gasteiger partial charge in [-0.15, -0.1) is 0 Å². The standard InChI is InChI=1S/C9H14O3/c1-9(2)6(8(11)12-3)4-5-7(9)10/h6H,4-5H2,1-3H3/t6-/m1/s1. The van der Waals surface area contributed by atoms with Gasteiger partial charge in [-0.3, -0.25) is 9.59 Å². The predicted molar refractivity (Wildman–Crippen MR) is 43.5 cm³/mol. The molecule has 1 aliphatic rings. The average molecular weight is 170 g/mol. The molecule has 1 fully saturated rings. The molecular weight excluding hydrogens is 156 g/mol. The maximum atomic E-state index is 11.3. The molecule has 0 aromatic rings. The molecular formula is C9H14O3. The SMILES string of the molecule is COC(=O)[C@H]1CCC(=O)C1(C)C. The van der Waals surface area contributed by atoms with Gasteiger partial charge in [-0.2, -0.15) is 0 Å². The normalized spacial score (nSPS) is 27.2. The third-order valence-corrected chi connectivity index (χ3v) is 2.74. The molecule has 0 aromatic carbocycles. The molecule has 68 valence electrons. The summed E-state index contributed by atoms with van der Waals surface area (Å²) in [6.07, 6.45) is 1.14. The molecule has 12 heavy (non-hydrogen) atoms. The number of methoxy groups -OCH3 is 1. The quantitative estimate of drug-likeness (QED) is 0.555. The molecule has 0 aromatic heterocycles. The van der Waals surface area contributed by atoms with Crippen LogP contribution in [-0.2, 0) is 14.3 Å². The van der Waals surface area contributed by atoms with E-state index in [1.165, 1.54) is 7.11 Å². The Morgan fingerprint density at radius 1 is 1.58 bits per heavy atom. The van der Waals surface area contributed by atoms with Crippen molar-refractivity contribution in [3.05, 3.63) is 0 Å². The molecule has 0 N–H and O–H groups in total. The van der Waals surface area contributed by atoms with Crippen molar-refractivity contribution in [3.8, 4) is 0 Å². The van der Waals surface area contributed by atoms with E-state index in [1.54, 1.807) is 0 Å². The minimum Gasteiger partial charge on any atom is -0.469 e. The van der Waals surface area contributed by atoms with Crippen molar-refractivity contribution in [1.82, 2.24) is 0 Å². The first-order chi connectivity index (χ1) is 5.50. The van der Waals surface area contributed by atoms with E-state index in [0.717, 1.165) is 0 Å². The number of hydrogen-bond donors (Lipinski definition) is 0. The molecule has 0 bridgehead atoms. The molecule has 0 unspecified atom stereocenters. The summed E-state index contributed by atoms with van der Waals surface area (Å²) in [5, 5.41) is 0. The van der Waals surface area contributed by atoms with Crippen LogP contribution in [0.2, 0.25) is 0 Å². The van der Waals surface area contributed by atoms with E-state index in [2.05, 4.69) is 4.74 Å². The fourth-order valence-electron chi connectivity index (χ4n) is 1.71. The van der Waals surface area contributed by atoms with Crippen molar-refractivity contribution >= 4 is 11.8 Å². The largest absolute Gasteiger partial charge is 0.469 e. The molecule has 0 amide bonds. The number of ether oxygens (including phenoxy) is 1. The van der Waals surface area contributed by atoms with E-state index in [4.69, 9.17) is 0 Å². The van der Waals surface area contributed by atoms with Crippen LogP contribution in [0.3, 0.4) is 0 Å². The molecule has 1 atom stereocenters. The van der Waals surface area contributed by atoms with Crippen LogP contribution < -0.4 is 0 Å². The summed E-state index contributed by atoms with van der Waals surface area (Å²) < 4.78 is 4.63. The zero-order valence-electron chi connectivity index (χ0n) is 7.72. The maximum Gasteiger partial charge on any atom is 0.309 e. The number of Topliss-reactive ketones (excluding diaryl/α,β-unsaturated/α-hetero) is 1. The molecule has 0 spiro atoms. The van der Waals surface area contributed by atoms with Crippen LogP contribution in [0.5, 0.6) is 0 Å². The minimum absolute atomic E-state index is 0.165. The molecule has 3 heteroatoms. The average Bonchev–Trinajstić information content (AvgIpc) is 2.27. The van der Waals surface area contributed by atoms with Gasteiger partial charge in [0.25, 0.3) is 0 Å². The highest BCUT2D eigenvalue weighted by molar-refractivity contribution is 5.92. The molecule has 1 aliphatic carbocycles. The number of ketones is 1. The Labute approximate surface area is 72.1 Å². The van der Waals surface area contributed by atoms with Crippen molar-refractivity contribution < 1.29 is 14.3 Å². The van der Waals surface area contributed by atoms with Crippen LogP contribution in [0.4, 0.5) is 0 Å². The van der Waals surface area contributed by atoms with Crippen molar-refractivity contribution in [2.75, 3.05) is 7.11 Å². The van der Waals surface area contributed by atoms with Gasteiger partial charge in [0.05, 0.1) is 13.0 Å². The zero-order chi connectivity index (χ0) is 9.35. The first-order valence-corrected chi connectivity index (χ1v) is 4.11. The second kappa shape index (κ2) is 2.88. The fraction of sp³-hybridized carbons (Fsp3) is 0.778.